The SMILES string of the molecule is CCCCCCCCCCCCCC(=O)O.CCCCCCCCCCCCCCCC(=O)OCC. The van der Waals surface area contributed by atoms with Gasteiger partial charge in [-0.1, -0.05) is 155 Å². The molecular formula is C32H64O4. The van der Waals surface area contributed by atoms with Crippen LogP contribution in [0.5, 0.6) is 0 Å². The maximum absolute atomic E-state index is 11.1. The summed E-state index contributed by atoms with van der Waals surface area (Å²) in [6.45, 7) is 6.89. The molecule has 0 amide bonds. The van der Waals surface area contributed by atoms with Crippen molar-refractivity contribution >= 4 is 11.9 Å². The van der Waals surface area contributed by atoms with E-state index in [0.717, 1.165) is 19.3 Å². The number of hydrogen-bond acceptors (Lipinski definition) is 3. The fraction of sp³-hybridized carbons (Fsp3) is 0.938. The zero-order chi connectivity index (χ0) is 27.0. The van der Waals surface area contributed by atoms with Gasteiger partial charge in [0.25, 0.3) is 0 Å². The lowest BCUT2D eigenvalue weighted by Crippen LogP contribution is -2.03. The minimum atomic E-state index is -0.657. The van der Waals surface area contributed by atoms with E-state index in [1.807, 2.05) is 6.92 Å². The smallest absolute Gasteiger partial charge is 0.305 e. The molecular weight excluding hydrogens is 448 g/mol. The van der Waals surface area contributed by atoms with E-state index in [4.69, 9.17) is 9.84 Å². The monoisotopic (exact) mass is 512 g/mol. The van der Waals surface area contributed by atoms with Gasteiger partial charge in [0.05, 0.1) is 6.61 Å². The zero-order valence-corrected chi connectivity index (χ0v) is 24.8. The van der Waals surface area contributed by atoms with Crippen LogP contribution in [0.15, 0.2) is 0 Å². The Kier molecular flexibility index (Phi) is 35.0. The van der Waals surface area contributed by atoms with Gasteiger partial charge in [-0.2, -0.15) is 0 Å². The first-order chi connectivity index (χ1) is 17.6. The van der Waals surface area contributed by atoms with Gasteiger partial charge in [0.15, 0.2) is 0 Å². The van der Waals surface area contributed by atoms with E-state index in [0.29, 0.717) is 19.4 Å². The van der Waals surface area contributed by atoms with Crippen LogP contribution in [0.25, 0.3) is 0 Å². The van der Waals surface area contributed by atoms with E-state index in [1.165, 1.54) is 135 Å². The zero-order valence-electron chi connectivity index (χ0n) is 24.8. The first-order valence-electron chi connectivity index (χ1n) is 16.0. The minimum absolute atomic E-state index is 0.0319. The van der Waals surface area contributed by atoms with Gasteiger partial charge in [-0.05, 0) is 19.8 Å². The van der Waals surface area contributed by atoms with Crippen LogP contribution in [0.3, 0.4) is 0 Å². The van der Waals surface area contributed by atoms with Crippen molar-refractivity contribution in [2.45, 2.75) is 188 Å². The average molecular weight is 513 g/mol. The normalized spacial score (nSPS) is 10.6. The van der Waals surface area contributed by atoms with Crippen molar-refractivity contribution in [3.63, 3.8) is 0 Å². The summed E-state index contributed by atoms with van der Waals surface area (Å²) in [5.74, 6) is -0.688. The van der Waals surface area contributed by atoms with E-state index in [9.17, 15) is 9.59 Å². The predicted molar refractivity (Wildman–Crippen MR) is 156 cm³/mol. The average Bonchev–Trinajstić information content (AvgIpc) is 2.86. The Hall–Kier alpha value is -1.06. The number of carboxylic acid groups (broad SMARTS) is 1. The Balaban J connectivity index is 0. The van der Waals surface area contributed by atoms with E-state index < -0.39 is 5.97 Å². The lowest BCUT2D eigenvalue weighted by molar-refractivity contribution is -0.143. The minimum Gasteiger partial charge on any atom is -0.481 e. The molecule has 0 unspecified atom stereocenters. The molecule has 0 aliphatic rings. The molecule has 0 saturated heterocycles. The molecule has 0 radical (unpaired) electrons. The number of ether oxygens (including phenoxy) is 1. The molecule has 1 N–H and O–H groups in total. The highest BCUT2D eigenvalue weighted by molar-refractivity contribution is 5.69. The van der Waals surface area contributed by atoms with Gasteiger partial charge in [-0.25, -0.2) is 0 Å². The molecule has 0 fully saturated rings. The molecule has 216 valence electrons. The lowest BCUT2D eigenvalue weighted by atomic mass is 10.0. The number of aliphatic carboxylic acids is 1. The van der Waals surface area contributed by atoms with Crippen molar-refractivity contribution in [2.75, 3.05) is 6.61 Å². The van der Waals surface area contributed by atoms with Crippen LogP contribution in [-0.2, 0) is 14.3 Å². The summed E-state index contributed by atoms with van der Waals surface area (Å²) in [6, 6.07) is 0. The van der Waals surface area contributed by atoms with Gasteiger partial charge in [0.2, 0.25) is 0 Å². The van der Waals surface area contributed by atoms with Gasteiger partial charge in [0, 0.05) is 12.8 Å². The number of esters is 1. The third-order valence-electron chi connectivity index (χ3n) is 6.78. The van der Waals surface area contributed by atoms with Crippen molar-refractivity contribution < 1.29 is 19.4 Å². The van der Waals surface area contributed by atoms with E-state index in [1.54, 1.807) is 0 Å². The van der Waals surface area contributed by atoms with Crippen molar-refractivity contribution in [1.82, 2.24) is 0 Å². The fourth-order valence-corrected chi connectivity index (χ4v) is 4.46. The highest BCUT2D eigenvalue weighted by Gasteiger charge is 2.00. The molecule has 0 aliphatic heterocycles. The summed E-state index contributed by atoms with van der Waals surface area (Å²) in [5, 5.41) is 8.46. The highest BCUT2D eigenvalue weighted by Crippen LogP contribution is 2.13. The van der Waals surface area contributed by atoms with Crippen molar-refractivity contribution in [1.29, 1.82) is 0 Å². The van der Waals surface area contributed by atoms with E-state index in [2.05, 4.69) is 13.8 Å². The summed E-state index contributed by atoms with van der Waals surface area (Å²) < 4.78 is 4.91. The summed E-state index contributed by atoms with van der Waals surface area (Å²) in [6.07, 6.45) is 32.4. The Morgan fingerprint density at radius 3 is 1.00 bits per heavy atom. The van der Waals surface area contributed by atoms with Gasteiger partial charge in [-0.3, -0.25) is 9.59 Å². The van der Waals surface area contributed by atoms with Gasteiger partial charge in [0.1, 0.15) is 0 Å². The number of unbranched alkanes of at least 4 members (excludes halogenated alkanes) is 22. The Labute approximate surface area is 225 Å². The first-order valence-corrected chi connectivity index (χ1v) is 16.0. The largest absolute Gasteiger partial charge is 0.481 e. The standard InChI is InChI=1S/C18H36O2.C14H28O2/c1-3-5-6-7-8-9-10-11-12-13-14-15-16-17-18(19)20-4-2;1-2-3-4-5-6-7-8-9-10-11-12-13-14(15)16/h3-17H2,1-2H3;2-13H2,1H3,(H,15,16). The van der Waals surface area contributed by atoms with Crippen LogP contribution < -0.4 is 0 Å². The molecule has 4 nitrogen and oxygen atoms in total. The van der Waals surface area contributed by atoms with Gasteiger partial charge < -0.3 is 9.84 Å². The maximum Gasteiger partial charge on any atom is 0.305 e. The van der Waals surface area contributed by atoms with E-state index >= 15 is 0 Å². The van der Waals surface area contributed by atoms with Crippen LogP contribution in [-0.4, -0.2) is 23.7 Å². The van der Waals surface area contributed by atoms with Crippen LogP contribution in [0.1, 0.15) is 188 Å². The molecule has 0 heterocycles. The summed E-state index contributed by atoms with van der Waals surface area (Å²) in [7, 11) is 0. The quantitative estimate of drug-likeness (QED) is 0.0877. The second kappa shape index (κ2) is 33.9. The molecule has 0 bridgehead atoms. The van der Waals surface area contributed by atoms with Crippen molar-refractivity contribution in [3.05, 3.63) is 0 Å². The van der Waals surface area contributed by atoms with Crippen LogP contribution in [0.4, 0.5) is 0 Å². The number of carboxylic acids is 1. The second-order valence-electron chi connectivity index (χ2n) is 10.5. The summed E-state index contributed by atoms with van der Waals surface area (Å²) >= 11 is 0. The topological polar surface area (TPSA) is 63.6 Å². The lowest BCUT2D eigenvalue weighted by Gasteiger charge is -2.03. The molecule has 4 heteroatoms. The van der Waals surface area contributed by atoms with Crippen LogP contribution in [0.2, 0.25) is 0 Å². The first kappa shape index (κ1) is 37.1. The van der Waals surface area contributed by atoms with E-state index in [-0.39, 0.29) is 5.97 Å². The molecule has 0 saturated carbocycles. The molecule has 0 atom stereocenters. The van der Waals surface area contributed by atoms with Crippen molar-refractivity contribution in [3.8, 4) is 0 Å². The highest BCUT2D eigenvalue weighted by atomic mass is 16.5. The van der Waals surface area contributed by atoms with Crippen molar-refractivity contribution in [2.24, 2.45) is 0 Å². The number of hydrogen-bond donors (Lipinski definition) is 1. The Morgan fingerprint density at radius 2 is 0.722 bits per heavy atom. The fourth-order valence-electron chi connectivity index (χ4n) is 4.46. The molecule has 0 aromatic rings. The van der Waals surface area contributed by atoms with Crippen LogP contribution >= 0.6 is 0 Å². The Morgan fingerprint density at radius 1 is 0.444 bits per heavy atom. The molecule has 36 heavy (non-hydrogen) atoms. The molecule has 0 aliphatic carbocycles. The third-order valence-corrected chi connectivity index (χ3v) is 6.78. The maximum atomic E-state index is 11.1. The van der Waals surface area contributed by atoms with Gasteiger partial charge >= 0.3 is 11.9 Å². The predicted octanol–water partition coefficient (Wildman–Crippen LogP) is 10.8. The molecule has 0 aromatic heterocycles. The molecule has 0 spiro atoms. The summed E-state index contributed by atoms with van der Waals surface area (Å²) in [4.78, 5) is 21.4. The number of rotatable bonds is 27. The Bertz CT molecular complexity index is 436. The number of carbonyl (C=O) groups excluding carboxylic acids is 1. The molecule has 0 aromatic carbocycles. The van der Waals surface area contributed by atoms with Gasteiger partial charge in [-0.15, -0.1) is 0 Å². The third kappa shape index (κ3) is 37.5. The molecule has 0 rings (SSSR count). The summed E-state index contributed by atoms with van der Waals surface area (Å²) in [5.41, 5.74) is 0. The van der Waals surface area contributed by atoms with Crippen LogP contribution in [0, 0.1) is 0 Å². The second-order valence-corrected chi connectivity index (χ2v) is 10.5. The number of carbonyl (C=O) groups is 2.